The molecule has 0 saturated carbocycles. The van der Waals surface area contributed by atoms with E-state index in [-0.39, 0.29) is 5.69 Å². The Morgan fingerprint density at radius 3 is 2.63 bits per heavy atom. The van der Waals surface area contributed by atoms with Crippen LogP contribution in [0.1, 0.15) is 11.1 Å². The molecule has 7 heteroatoms. The molecule has 0 unspecified atom stereocenters. The van der Waals surface area contributed by atoms with Crippen LogP contribution >= 0.6 is 11.3 Å². The second kappa shape index (κ2) is 5.68. The molecule has 0 spiro atoms. The number of nitro groups is 1. The average Bonchev–Trinajstić information content (AvgIpc) is 2.81. The highest BCUT2D eigenvalue weighted by molar-refractivity contribution is 7.08. The number of nitrogens with zero attached hydrogens (tertiary/aromatic N) is 1. The van der Waals surface area contributed by atoms with Crippen LogP contribution in [0.15, 0.2) is 29.0 Å². The zero-order chi connectivity index (χ0) is 13.8. The van der Waals surface area contributed by atoms with Crippen molar-refractivity contribution < 1.29 is 4.92 Å². The van der Waals surface area contributed by atoms with Crippen LogP contribution in [0, 0.1) is 17.0 Å². The summed E-state index contributed by atoms with van der Waals surface area (Å²) < 4.78 is 0. The number of hydrazine groups is 1. The highest BCUT2D eigenvalue weighted by atomic mass is 32.1. The van der Waals surface area contributed by atoms with E-state index in [1.165, 1.54) is 23.3 Å². The standard InChI is InChI=1S/C12H14N4O2S/c1-8-6-19-7-9(8)5-14-10-2-11(15-13)4-12(3-10)16(17)18/h2-4,6-7,14-15H,5,13H2,1H3. The molecule has 0 radical (unpaired) electrons. The fourth-order valence-electron chi connectivity index (χ4n) is 1.67. The summed E-state index contributed by atoms with van der Waals surface area (Å²) >= 11 is 1.64. The number of nitrogen functional groups attached to an aromatic ring is 1. The van der Waals surface area contributed by atoms with Crippen LogP contribution in [0.5, 0.6) is 0 Å². The van der Waals surface area contributed by atoms with E-state index in [4.69, 9.17) is 5.84 Å². The molecule has 0 saturated heterocycles. The first-order chi connectivity index (χ1) is 9.10. The number of rotatable bonds is 5. The Labute approximate surface area is 114 Å². The first-order valence-corrected chi connectivity index (χ1v) is 6.56. The second-order valence-corrected chi connectivity index (χ2v) is 4.85. The lowest BCUT2D eigenvalue weighted by atomic mass is 10.2. The molecule has 100 valence electrons. The van der Waals surface area contributed by atoms with Crippen LogP contribution in [-0.4, -0.2) is 4.92 Å². The molecule has 2 aromatic rings. The van der Waals surface area contributed by atoms with Gasteiger partial charge in [0.05, 0.1) is 10.6 Å². The van der Waals surface area contributed by atoms with E-state index in [9.17, 15) is 10.1 Å². The van der Waals surface area contributed by atoms with Crippen molar-refractivity contribution >= 4 is 28.4 Å². The van der Waals surface area contributed by atoms with Gasteiger partial charge in [0.15, 0.2) is 0 Å². The number of nitrogens with one attached hydrogen (secondary N) is 2. The van der Waals surface area contributed by atoms with Gasteiger partial charge in [0.25, 0.3) is 5.69 Å². The van der Waals surface area contributed by atoms with E-state index in [1.807, 2.05) is 6.92 Å². The molecular formula is C12H14N4O2S. The van der Waals surface area contributed by atoms with Crippen molar-refractivity contribution in [3.63, 3.8) is 0 Å². The number of nitro benzene ring substituents is 1. The number of benzene rings is 1. The summed E-state index contributed by atoms with van der Waals surface area (Å²) in [5.41, 5.74) is 5.97. The number of nitrogens with two attached hydrogens (primary N) is 1. The minimum absolute atomic E-state index is 0.00000874. The van der Waals surface area contributed by atoms with E-state index in [2.05, 4.69) is 21.5 Å². The Balaban J connectivity index is 2.17. The Bertz CT molecular complexity index is 597. The third-order valence-corrected chi connectivity index (χ3v) is 3.65. The van der Waals surface area contributed by atoms with Crippen molar-refractivity contribution in [2.24, 2.45) is 5.84 Å². The van der Waals surface area contributed by atoms with Gasteiger partial charge in [-0.1, -0.05) is 0 Å². The van der Waals surface area contributed by atoms with Gasteiger partial charge in [-0.3, -0.25) is 16.0 Å². The summed E-state index contributed by atoms with van der Waals surface area (Å²) in [4.78, 5) is 10.4. The van der Waals surface area contributed by atoms with Crippen molar-refractivity contribution in [2.75, 3.05) is 10.7 Å². The number of anilines is 2. The van der Waals surface area contributed by atoms with Crippen molar-refractivity contribution in [3.05, 3.63) is 50.2 Å². The maximum atomic E-state index is 10.8. The molecule has 1 heterocycles. The summed E-state index contributed by atoms with van der Waals surface area (Å²) in [5.74, 6) is 5.30. The SMILES string of the molecule is Cc1cscc1CNc1cc(NN)cc([N+](=O)[O-])c1. The molecule has 0 amide bonds. The van der Waals surface area contributed by atoms with Gasteiger partial charge in [0.1, 0.15) is 0 Å². The van der Waals surface area contributed by atoms with Crippen molar-refractivity contribution in [3.8, 4) is 0 Å². The summed E-state index contributed by atoms with van der Waals surface area (Å²) in [6.07, 6.45) is 0. The second-order valence-electron chi connectivity index (χ2n) is 4.10. The smallest absolute Gasteiger partial charge is 0.273 e. The molecule has 19 heavy (non-hydrogen) atoms. The zero-order valence-electron chi connectivity index (χ0n) is 10.3. The zero-order valence-corrected chi connectivity index (χ0v) is 11.2. The van der Waals surface area contributed by atoms with Crippen molar-refractivity contribution in [1.82, 2.24) is 0 Å². The van der Waals surface area contributed by atoms with Crippen LogP contribution < -0.4 is 16.6 Å². The normalized spacial score (nSPS) is 10.2. The fourth-order valence-corrected chi connectivity index (χ4v) is 2.52. The average molecular weight is 278 g/mol. The molecule has 0 atom stereocenters. The lowest BCUT2D eigenvalue weighted by molar-refractivity contribution is -0.384. The van der Waals surface area contributed by atoms with Crippen LogP contribution in [0.4, 0.5) is 17.1 Å². The van der Waals surface area contributed by atoms with Crippen LogP contribution in [0.2, 0.25) is 0 Å². The maximum Gasteiger partial charge on any atom is 0.273 e. The topological polar surface area (TPSA) is 93.2 Å². The Kier molecular flexibility index (Phi) is 3.98. The number of thiophene rings is 1. The highest BCUT2D eigenvalue weighted by Crippen LogP contribution is 2.24. The fraction of sp³-hybridized carbons (Fsp3) is 0.167. The first kappa shape index (κ1) is 13.3. The molecule has 4 N–H and O–H groups in total. The molecule has 0 bridgehead atoms. The number of hydrogen-bond acceptors (Lipinski definition) is 6. The highest BCUT2D eigenvalue weighted by Gasteiger charge is 2.09. The molecular weight excluding hydrogens is 264 g/mol. The molecule has 0 aliphatic rings. The van der Waals surface area contributed by atoms with Gasteiger partial charge >= 0.3 is 0 Å². The predicted octanol–water partition coefficient (Wildman–Crippen LogP) is 2.86. The van der Waals surface area contributed by atoms with Gasteiger partial charge < -0.3 is 10.7 Å². The summed E-state index contributed by atoms with van der Waals surface area (Å²) in [7, 11) is 0. The monoisotopic (exact) mass is 278 g/mol. The van der Waals surface area contributed by atoms with Gasteiger partial charge in [0, 0.05) is 24.4 Å². The van der Waals surface area contributed by atoms with Crippen LogP contribution in [0.3, 0.4) is 0 Å². The molecule has 0 fully saturated rings. The van der Waals surface area contributed by atoms with E-state index in [1.54, 1.807) is 17.4 Å². The van der Waals surface area contributed by atoms with E-state index in [0.717, 1.165) is 0 Å². The summed E-state index contributed by atoms with van der Waals surface area (Å²) in [6, 6.07) is 4.61. The van der Waals surface area contributed by atoms with Gasteiger partial charge in [0.2, 0.25) is 0 Å². The largest absolute Gasteiger partial charge is 0.381 e. The van der Waals surface area contributed by atoms with Gasteiger partial charge in [-0.05, 0) is 34.9 Å². The minimum Gasteiger partial charge on any atom is -0.381 e. The molecule has 0 aliphatic carbocycles. The third-order valence-electron chi connectivity index (χ3n) is 2.74. The number of aryl methyl sites for hydroxylation is 1. The Morgan fingerprint density at radius 2 is 2.05 bits per heavy atom. The minimum atomic E-state index is -0.443. The summed E-state index contributed by atoms with van der Waals surface area (Å²) in [6.45, 7) is 2.66. The Hall–Kier alpha value is -2.12. The predicted molar refractivity (Wildman–Crippen MR) is 77.3 cm³/mol. The first-order valence-electron chi connectivity index (χ1n) is 5.62. The quantitative estimate of drug-likeness (QED) is 0.444. The Morgan fingerprint density at radius 1 is 1.32 bits per heavy atom. The van der Waals surface area contributed by atoms with E-state index in [0.29, 0.717) is 17.9 Å². The molecule has 0 aliphatic heterocycles. The van der Waals surface area contributed by atoms with Crippen molar-refractivity contribution in [1.29, 1.82) is 0 Å². The molecule has 2 rings (SSSR count). The lowest BCUT2D eigenvalue weighted by Gasteiger charge is -2.08. The molecule has 1 aromatic carbocycles. The number of non-ortho nitro benzene ring substituents is 1. The van der Waals surface area contributed by atoms with E-state index < -0.39 is 4.92 Å². The van der Waals surface area contributed by atoms with Crippen LogP contribution in [0.25, 0.3) is 0 Å². The molecule has 6 nitrogen and oxygen atoms in total. The lowest BCUT2D eigenvalue weighted by Crippen LogP contribution is -2.08. The maximum absolute atomic E-state index is 10.8. The van der Waals surface area contributed by atoms with E-state index >= 15 is 0 Å². The van der Waals surface area contributed by atoms with Crippen molar-refractivity contribution in [2.45, 2.75) is 13.5 Å². The third kappa shape index (κ3) is 3.21. The van der Waals surface area contributed by atoms with Gasteiger partial charge in [-0.2, -0.15) is 11.3 Å². The van der Waals surface area contributed by atoms with Crippen LogP contribution in [-0.2, 0) is 6.54 Å². The summed E-state index contributed by atoms with van der Waals surface area (Å²) in [5, 5.41) is 18.1. The number of hydrogen-bond donors (Lipinski definition) is 3. The molecule has 1 aromatic heterocycles. The van der Waals surface area contributed by atoms with Gasteiger partial charge in [-0.25, -0.2) is 0 Å². The van der Waals surface area contributed by atoms with Gasteiger partial charge in [-0.15, -0.1) is 0 Å².